The van der Waals surface area contributed by atoms with E-state index in [-0.39, 0.29) is 27.5 Å². The number of benzene rings is 2. The highest BCUT2D eigenvalue weighted by Gasteiger charge is 2.23. The summed E-state index contributed by atoms with van der Waals surface area (Å²) < 4.78 is 6.41. The van der Waals surface area contributed by atoms with Gasteiger partial charge in [0, 0.05) is 34.7 Å². The molecule has 0 atom stereocenters. The van der Waals surface area contributed by atoms with E-state index in [0.717, 1.165) is 4.57 Å². The van der Waals surface area contributed by atoms with Crippen LogP contribution in [0.2, 0.25) is 5.02 Å². The lowest BCUT2D eigenvalue weighted by molar-refractivity contribution is -0.384. The van der Waals surface area contributed by atoms with Gasteiger partial charge in [-0.1, -0.05) is 17.7 Å². The van der Waals surface area contributed by atoms with Crippen molar-refractivity contribution in [2.24, 2.45) is 0 Å². The van der Waals surface area contributed by atoms with Crippen LogP contribution in [0.5, 0.6) is 5.75 Å². The average Bonchev–Trinajstić information content (AvgIpc) is 2.73. The molecule has 8 nitrogen and oxygen atoms in total. The van der Waals surface area contributed by atoms with Gasteiger partial charge in [0.05, 0.1) is 28.1 Å². The predicted octanol–water partition coefficient (Wildman–Crippen LogP) is 4.12. The number of aromatic nitrogens is 2. The fraction of sp³-hybridized carbons (Fsp3) is 0.0952. The van der Waals surface area contributed by atoms with Crippen LogP contribution in [0.3, 0.4) is 0 Å². The van der Waals surface area contributed by atoms with E-state index in [9.17, 15) is 19.7 Å². The third kappa shape index (κ3) is 2.89. The summed E-state index contributed by atoms with van der Waals surface area (Å²) in [5, 5.41) is 12.7. The van der Waals surface area contributed by atoms with E-state index >= 15 is 0 Å². The Balaban J connectivity index is 2.14. The number of halogens is 1. The van der Waals surface area contributed by atoms with Gasteiger partial charge in [-0.3, -0.25) is 24.7 Å². The maximum absolute atomic E-state index is 13.4. The van der Waals surface area contributed by atoms with Gasteiger partial charge in [0.15, 0.2) is 5.75 Å². The van der Waals surface area contributed by atoms with Crippen LogP contribution in [-0.2, 0) is 0 Å². The minimum Gasteiger partial charge on any atom is -0.493 e. The van der Waals surface area contributed by atoms with Crippen LogP contribution in [-0.4, -0.2) is 27.5 Å². The number of carbonyl (C=O) groups is 1. The molecule has 0 fully saturated rings. The molecule has 0 N–H and O–H groups in total. The number of rotatable bonds is 3. The van der Waals surface area contributed by atoms with E-state index < -0.39 is 16.4 Å². The first kappa shape index (κ1) is 19.5. The zero-order valence-electron chi connectivity index (χ0n) is 15.9. The first-order valence-corrected chi connectivity index (χ1v) is 9.18. The van der Waals surface area contributed by atoms with Crippen molar-refractivity contribution in [1.82, 2.24) is 9.55 Å². The number of hydrogen-bond acceptors (Lipinski definition) is 6. The second-order valence-electron chi connectivity index (χ2n) is 6.55. The van der Waals surface area contributed by atoms with Crippen LogP contribution in [0.25, 0.3) is 21.7 Å². The first-order valence-electron chi connectivity index (χ1n) is 8.81. The van der Waals surface area contributed by atoms with Crippen LogP contribution in [0, 0.1) is 17.0 Å². The predicted molar refractivity (Wildman–Crippen MR) is 113 cm³/mol. The molecule has 0 saturated heterocycles. The van der Waals surface area contributed by atoms with E-state index in [0.29, 0.717) is 21.9 Å². The van der Waals surface area contributed by atoms with Crippen LogP contribution in [0.4, 0.5) is 5.69 Å². The number of hydrogen-bond donors (Lipinski definition) is 0. The fourth-order valence-corrected chi connectivity index (χ4v) is 3.73. The number of pyridine rings is 2. The van der Waals surface area contributed by atoms with Gasteiger partial charge in [-0.15, -0.1) is 0 Å². The lowest BCUT2D eigenvalue weighted by Gasteiger charge is -2.16. The van der Waals surface area contributed by atoms with Crippen molar-refractivity contribution in [1.29, 1.82) is 0 Å². The molecule has 0 aliphatic heterocycles. The zero-order valence-corrected chi connectivity index (χ0v) is 16.6. The number of fused-ring (bicyclic) bond motifs is 3. The SMILES string of the molecule is COc1c(Cl)ccc2c3ccnc(C)c3c(=O)n(C(=O)c3ccc([N+](=O)[O-])cc3)c12. The third-order valence-corrected chi connectivity index (χ3v) is 5.18. The second kappa shape index (κ2) is 7.23. The molecule has 30 heavy (non-hydrogen) atoms. The summed E-state index contributed by atoms with van der Waals surface area (Å²) in [4.78, 5) is 41.3. The van der Waals surface area contributed by atoms with Crippen molar-refractivity contribution in [3.8, 4) is 5.75 Å². The molecule has 0 amide bonds. The number of nitrogens with zero attached hydrogens (tertiary/aromatic N) is 3. The van der Waals surface area contributed by atoms with Gasteiger partial charge in [-0.2, -0.15) is 0 Å². The number of aryl methyl sites for hydroxylation is 1. The Morgan fingerprint density at radius 1 is 1.13 bits per heavy atom. The number of nitro groups is 1. The van der Waals surface area contributed by atoms with Crippen molar-refractivity contribution in [2.75, 3.05) is 7.11 Å². The van der Waals surface area contributed by atoms with Gasteiger partial charge in [0.1, 0.15) is 5.52 Å². The summed E-state index contributed by atoms with van der Waals surface area (Å²) in [6, 6.07) is 10.0. The van der Waals surface area contributed by atoms with Crippen LogP contribution >= 0.6 is 11.6 Å². The molecule has 4 aromatic rings. The largest absolute Gasteiger partial charge is 0.493 e. The smallest absolute Gasteiger partial charge is 0.269 e. The van der Waals surface area contributed by atoms with Gasteiger partial charge >= 0.3 is 0 Å². The second-order valence-corrected chi connectivity index (χ2v) is 6.95. The summed E-state index contributed by atoms with van der Waals surface area (Å²) in [6.07, 6.45) is 1.58. The molecule has 0 radical (unpaired) electrons. The van der Waals surface area contributed by atoms with Crippen LogP contribution in [0.15, 0.2) is 53.5 Å². The third-order valence-electron chi connectivity index (χ3n) is 4.89. The molecule has 0 spiro atoms. The molecule has 2 aromatic heterocycles. The molecule has 2 aromatic carbocycles. The van der Waals surface area contributed by atoms with E-state index in [2.05, 4.69) is 4.98 Å². The van der Waals surface area contributed by atoms with Crippen molar-refractivity contribution >= 4 is 44.9 Å². The number of non-ortho nitro benzene ring substituents is 1. The molecule has 0 aliphatic rings. The first-order chi connectivity index (χ1) is 14.3. The number of ether oxygens (including phenoxy) is 1. The normalized spacial score (nSPS) is 11.0. The van der Waals surface area contributed by atoms with Crippen molar-refractivity contribution in [2.45, 2.75) is 6.92 Å². The molecule has 0 saturated carbocycles. The molecule has 150 valence electrons. The Morgan fingerprint density at radius 2 is 1.83 bits per heavy atom. The maximum atomic E-state index is 13.4. The Hall–Kier alpha value is -3.78. The van der Waals surface area contributed by atoms with Crippen molar-refractivity contribution < 1.29 is 14.5 Å². The molecule has 9 heteroatoms. The summed E-state index contributed by atoms with van der Waals surface area (Å²) in [5.41, 5.74) is 0.0527. The summed E-state index contributed by atoms with van der Waals surface area (Å²) in [6.45, 7) is 1.68. The van der Waals surface area contributed by atoms with Gasteiger partial charge in [0.2, 0.25) is 0 Å². The van der Waals surface area contributed by atoms with Gasteiger partial charge < -0.3 is 4.74 Å². The monoisotopic (exact) mass is 423 g/mol. The average molecular weight is 424 g/mol. The molecule has 0 unspecified atom stereocenters. The van der Waals surface area contributed by atoms with Crippen molar-refractivity contribution in [3.05, 3.63) is 85.4 Å². The van der Waals surface area contributed by atoms with E-state index in [1.165, 1.54) is 31.4 Å². The molecular weight excluding hydrogens is 410 g/mol. The standard InChI is InChI=1S/C21H14ClN3O5/c1-11-17-14(9-10-23-11)15-7-8-16(22)19(30-2)18(15)24(21(17)27)20(26)12-3-5-13(6-4-12)25(28)29/h3-10H,1-2H3. The molecule has 0 bridgehead atoms. The molecule has 2 heterocycles. The van der Waals surface area contributed by atoms with E-state index in [4.69, 9.17) is 16.3 Å². The zero-order chi connectivity index (χ0) is 21.6. The highest BCUT2D eigenvalue weighted by Crippen LogP contribution is 2.36. The summed E-state index contributed by atoms with van der Waals surface area (Å²) >= 11 is 6.28. The van der Waals surface area contributed by atoms with Gasteiger partial charge in [-0.25, -0.2) is 4.57 Å². The van der Waals surface area contributed by atoms with Crippen molar-refractivity contribution in [3.63, 3.8) is 0 Å². The van der Waals surface area contributed by atoms with Crippen LogP contribution < -0.4 is 10.3 Å². The lowest BCUT2D eigenvalue weighted by Crippen LogP contribution is -2.29. The Labute approximate surface area is 174 Å². The Morgan fingerprint density at radius 3 is 2.47 bits per heavy atom. The van der Waals surface area contributed by atoms with Gasteiger partial charge in [0.25, 0.3) is 17.2 Å². The molecular formula is C21H14ClN3O5. The Bertz CT molecular complexity index is 1410. The number of nitro benzene ring substituents is 1. The minimum absolute atomic E-state index is 0.104. The highest BCUT2D eigenvalue weighted by atomic mass is 35.5. The van der Waals surface area contributed by atoms with E-state index in [1.54, 1.807) is 31.3 Å². The van der Waals surface area contributed by atoms with Gasteiger partial charge in [-0.05, 0) is 31.2 Å². The quantitative estimate of drug-likeness (QED) is 0.279. The highest BCUT2D eigenvalue weighted by molar-refractivity contribution is 6.33. The maximum Gasteiger partial charge on any atom is 0.269 e. The number of carbonyl (C=O) groups excluding carboxylic acids is 1. The topological polar surface area (TPSA) is 104 Å². The van der Waals surface area contributed by atoms with E-state index in [1.807, 2.05) is 0 Å². The molecule has 4 rings (SSSR count). The van der Waals surface area contributed by atoms with Crippen LogP contribution in [0.1, 0.15) is 16.1 Å². The fourth-order valence-electron chi connectivity index (χ4n) is 3.50. The Kier molecular flexibility index (Phi) is 4.71. The number of methoxy groups -OCH3 is 1. The summed E-state index contributed by atoms with van der Waals surface area (Å²) in [5.74, 6) is -0.483. The lowest BCUT2D eigenvalue weighted by atomic mass is 10.0. The summed E-state index contributed by atoms with van der Waals surface area (Å²) in [7, 11) is 1.40. The molecule has 0 aliphatic carbocycles. The minimum atomic E-state index is -0.661.